The van der Waals surface area contributed by atoms with Gasteiger partial charge in [0.2, 0.25) is 0 Å². The molecule has 0 bridgehead atoms. The number of carbonyl (C=O) groups excluding carboxylic acids is 2. The fourth-order valence-electron chi connectivity index (χ4n) is 1.67. The monoisotopic (exact) mass is 345 g/mol. The lowest BCUT2D eigenvalue weighted by molar-refractivity contribution is -0.138. The number of esters is 2. The van der Waals surface area contributed by atoms with E-state index in [1.54, 1.807) is 30.6 Å². The van der Waals surface area contributed by atoms with Gasteiger partial charge >= 0.3 is 11.9 Å². The summed E-state index contributed by atoms with van der Waals surface area (Å²) in [6.07, 6.45) is 4.32. The number of nitrogens with zero attached hydrogens (tertiary/aromatic N) is 2. The summed E-state index contributed by atoms with van der Waals surface area (Å²) in [6, 6.07) is 8.97. The standard InChI is InChI=1S/C16H15N3O4S/c1-22-14(20)10-12(15(21)23-2)19-11-6-3-4-7-13(11)24-16-17-8-5-9-18-16/h3-10,19H,1-2H3/b12-10+. The average Bonchev–Trinajstić information content (AvgIpc) is 2.62. The second kappa shape index (κ2) is 8.68. The van der Waals surface area contributed by atoms with Gasteiger partial charge in [0.15, 0.2) is 5.16 Å². The van der Waals surface area contributed by atoms with E-state index in [1.165, 1.54) is 26.0 Å². The summed E-state index contributed by atoms with van der Waals surface area (Å²) in [6.45, 7) is 0. The maximum Gasteiger partial charge on any atom is 0.354 e. The molecule has 7 nitrogen and oxygen atoms in total. The zero-order chi connectivity index (χ0) is 17.4. The van der Waals surface area contributed by atoms with Crippen LogP contribution in [0.3, 0.4) is 0 Å². The summed E-state index contributed by atoms with van der Waals surface area (Å²) in [7, 11) is 2.46. The number of para-hydroxylation sites is 1. The Kier molecular flexibility index (Phi) is 6.32. The van der Waals surface area contributed by atoms with Crippen LogP contribution in [0.4, 0.5) is 5.69 Å². The highest BCUT2D eigenvalue weighted by molar-refractivity contribution is 7.99. The van der Waals surface area contributed by atoms with Crippen molar-refractivity contribution in [3.8, 4) is 0 Å². The summed E-state index contributed by atoms with van der Waals surface area (Å²) >= 11 is 1.32. The number of anilines is 1. The maximum absolute atomic E-state index is 11.8. The van der Waals surface area contributed by atoms with E-state index < -0.39 is 11.9 Å². The number of aromatic nitrogens is 2. The van der Waals surface area contributed by atoms with E-state index in [4.69, 9.17) is 0 Å². The third kappa shape index (κ3) is 4.82. The molecule has 0 aliphatic rings. The molecule has 1 heterocycles. The molecule has 0 saturated carbocycles. The van der Waals surface area contributed by atoms with Gasteiger partial charge in [0.1, 0.15) is 5.70 Å². The SMILES string of the molecule is COC(=O)/C=C(/Nc1ccccc1Sc1ncccn1)C(=O)OC. The first-order valence-electron chi connectivity index (χ1n) is 6.83. The number of carbonyl (C=O) groups is 2. The largest absolute Gasteiger partial charge is 0.466 e. The Labute approximate surface area is 143 Å². The van der Waals surface area contributed by atoms with Gasteiger partial charge in [-0.25, -0.2) is 19.6 Å². The number of rotatable bonds is 6. The van der Waals surface area contributed by atoms with E-state index in [1.807, 2.05) is 12.1 Å². The fourth-order valence-corrected chi connectivity index (χ4v) is 2.47. The van der Waals surface area contributed by atoms with Crippen molar-refractivity contribution in [3.05, 3.63) is 54.5 Å². The first-order valence-corrected chi connectivity index (χ1v) is 7.64. The van der Waals surface area contributed by atoms with Crippen molar-refractivity contribution < 1.29 is 19.1 Å². The maximum atomic E-state index is 11.8. The molecule has 24 heavy (non-hydrogen) atoms. The molecular formula is C16H15N3O4S. The lowest BCUT2D eigenvalue weighted by atomic mass is 10.3. The lowest BCUT2D eigenvalue weighted by Crippen LogP contribution is -2.15. The highest BCUT2D eigenvalue weighted by Crippen LogP contribution is 2.31. The summed E-state index contributed by atoms with van der Waals surface area (Å²) in [5.74, 6) is -1.35. The van der Waals surface area contributed by atoms with E-state index in [9.17, 15) is 9.59 Å². The van der Waals surface area contributed by atoms with Crippen molar-refractivity contribution in [2.75, 3.05) is 19.5 Å². The third-order valence-corrected chi connectivity index (χ3v) is 3.74. The number of hydrogen-bond acceptors (Lipinski definition) is 8. The van der Waals surface area contributed by atoms with Crippen molar-refractivity contribution in [2.24, 2.45) is 0 Å². The molecule has 8 heteroatoms. The van der Waals surface area contributed by atoms with Crippen LogP contribution in [0.2, 0.25) is 0 Å². The van der Waals surface area contributed by atoms with Crippen LogP contribution >= 0.6 is 11.8 Å². The van der Waals surface area contributed by atoms with E-state index in [2.05, 4.69) is 24.8 Å². The molecule has 2 aromatic rings. The van der Waals surface area contributed by atoms with Crippen LogP contribution in [-0.2, 0) is 19.1 Å². The van der Waals surface area contributed by atoms with Gasteiger partial charge in [0.05, 0.1) is 26.0 Å². The molecule has 0 aliphatic carbocycles. The van der Waals surface area contributed by atoms with Crippen LogP contribution in [0.15, 0.2) is 64.6 Å². The number of ether oxygens (including phenoxy) is 2. The van der Waals surface area contributed by atoms with Gasteiger partial charge in [-0.3, -0.25) is 0 Å². The van der Waals surface area contributed by atoms with Crippen LogP contribution < -0.4 is 5.32 Å². The van der Waals surface area contributed by atoms with Gasteiger partial charge in [0.25, 0.3) is 0 Å². The van der Waals surface area contributed by atoms with Crippen molar-refractivity contribution in [1.29, 1.82) is 0 Å². The zero-order valence-corrected chi connectivity index (χ0v) is 13.9. The predicted octanol–water partition coefficient (Wildman–Crippen LogP) is 2.27. The molecule has 0 spiro atoms. The molecule has 2 rings (SSSR count). The number of methoxy groups -OCH3 is 2. The Bertz CT molecular complexity index is 750. The Balaban J connectivity index is 2.29. The quantitative estimate of drug-likeness (QED) is 0.484. The molecule has 1 aromatic heterocycles. The van der Waals surface area contributed by atoms with E-state index >= 15 is 0 Å². The Morgan fingerprint density at radius 3 is 2.46 bits per heavy atom. The van der Waals surface area contributed by atoms with Crippen molar-refractivity contribution in [2.45, 2.75) is 10.1 Å². The van der Waals surface area contributed by atoms with Gasteiger partial charge < -0.3 is 14.8 Å². The van der Waals surface area contributed by atoms with Crippen LogP contribution in [0.25, 0.3) is 0 Å². The molecule has 0 unspecified atom stereocenters. The second-order valence-electron chi connectivity index (χ2n) is 4.33. The molecule has 0 aliphatic heterocycles. The highest BCUT2D eigenvalue weighted by atomic mass is 32.2. The Hall–Kier alpha value is -2.87. The lowest BCUT2D eigenvalue weighted by Gasteiger charge is -2.12. The molecule has 1 N–H and O–H groups in total. The second-order valence-corrected chi connectivity index (χ2v) is 5.34. The Morgan fingerprint density at radius 1 is 1.08 bits per heavy atom. The summed E-state index contributed by atoms with van der Waals surface area (Å²) in [5, 5.41) is 3.45. The van der Waals surface area contributed by atoms with Gasteiger partial charge in [-0.1, -0.05) is 12.1 Å². The first kappa shape index (κ1) is 17.5. The molecule has 0 saturated heterocycles. The zero-order valence-electron chi connectivity index (χ0n) is 13.1. The number of hydrogen-bond donors (Lipinski definition) is 1. The highest BCUT2D eigenvalue weighted by Gasteiger charge is 2.15. The van der Waals surface area contributed by atoms with Crippen molar-refractivity contribution in [3.63, 3.8) is 0 Å². The van der Waals surface area contributed by atoms with E-state index in [0.717, 1.165) is 11.0 Å². The smallest absolute Gasteiger partial charge is 0.354 e. The van der Waals surface area contributed by atoms with Crippen molar-refractivity contribution >= 4 is 29.4 Å². The number of benzene rings is 1. The first-order chi connectivity index (χ1) is 11.6. The van der Waals surface area contributed by atoms with E-state index in [0.29, 0.717) is 10.8 Å². The molecule has 0 atom stereocenters. The van der Waals surface area contributed by atoms with E-state index in [-0.39, 0.29) is 5.70 Å². The van der Waals surface area contributed by atoms with Gasteiger partial charge in [-0.05, 0) is 30.0 Å². The summed E-state index contributed by atoms with van der Waals surface area (Å²) in [5.41, 5.74) is 0.571. The third-order valence-electron chi connectivity index (χ3n) is 2.77. The number of nitrogens with one attached hydrogen (secondary N) is 1. The fraction of sp³-hybridized carbons (Fsp3) is 0.125. The minimum absolute atomic E-state index is 0.0358. The Morgan fingerprint density at radius 2 is 1.79 bits per heavy atom. The molecule has 0 amide bonds. The molecule has 1 aromatic carbocycles. The molecule has 124 valence electrons. The molecule has 0 fully saturated rings. The van der Waals surface area contributed by atoms with Crippen LogP contribution in [0.1, 0.15) is 0 Å². The van der Waals surface area contributed by atoms with Gasteiger partial charge in [-0.2, -0.15) is 0 Å². The van der Waals surface area contributed by atoms with Crippen molar-refractivity contribution in [1.82, 2.24) is 9.97 Å². The summed E-state index contributed by atoms with van der Waals surface area (Å²) < 4.78 is 9.23. The topological polar surface area (TPSA) is 90.4 Å². The molecular weight excluding hydrogens is 330 g/mol. The minimum atomic E-state index is -0.684. The molecule has 0 radical (unpaired) electrons. The van der Waals surface area contributed by atoms with Crippen LogP contribution in [-0.4, -0.2) is 36.1 Å². The van der Waals surface area contributed by atoms with Gasteiger partial charge in [0, 0.05) is 17.3 Å². The average molecular weight is 345 g/mol. The normalized spacial score (nSPS) is 10.8. The van der Waals surface area contributed by atoms with Crippen LogP contribution in [0, 0.1) is 0 Å². The van der Waals surface area contributed by atoms with Crippen LogP contribution in [0.5, 0.6) is 0 Å². The summed E-state index contributed by atoms with van der Waals surface area (Å²) in [4.78, 5) is 32.4. The minimum Gasteiger partial charge on any atom is -0.466 e. The predicted molar refractivity (Wildman–Crippen MR) is 88.3 cm³/mol. The van der Waals surface area contributed by atoms with Gasteiger partial charge in [-0.15, -0.1) is 0 Å².